The summed E-state index contributed by atoms with van der Waals surface area (Å²) < 4.78 is 26.0. The van der Waals surface area contributed by atoms with E-state index in [1.54, 1.807) is 18.2 Å². The van der Waals surface area contributed by atoms with Gasteiger partial charge in [-0.2, -0.15) is 0 Å². The van der Waals surface area contributed by atoms with E-state index in [0.717, 1.165) is 12.8 Å². The lowest BCUT2D eigenvalue weighted by atomic mass is 9.87. The van der Waals surface area contributed by atoms with Crippen molar-refractivity contribution in [3.8, 4) is 0 Å². The fourth-order valence-corrected chi connectivity index (χ4v) is 5.36. The van der Waals surface area contributed by atoms with Crippen molar-refractivity contribution in [2.45, 2.75) is 50.0 Å². The fraction of sp³-hybridized carbons (Fsp3) is 0.600. The van der Waals surface area contributed by atoms with Gasteiger partial charge in [0, 0.05) is 11.8 Å². The smallest absolute Gasteiger partial charge is 0.332 e. The summed E-state index contributed by atoms with van der Waals surface area (Å²) in [6.07, 6.45) is 0.338. The summed E-state index contributed by atoms with van der Waals surface area (Å²) in [5.41, 5.74) is 5.19. The standard InChI is InChI=1S/C25H27Cl2NO10/c26-14-6-1-11(7-15(14)27)8-34-20-19(29)16-17(23(32)37-9-35-21(30)12-2-3-12)18(16)25(20,28)24(33)38-10-36-22(31)13-4-5-13/h1,6-7,12-13,16-20,29H,2-5,8-10,28H2/t16-,17-,18-,19-,20+,25+/m0/s1. The summed E-state index contributed by atoms with van der Waals surface area (Å²) in [7, 11) is 0. The summed E-state index contributed by atoms with van der Waals surface area (Å²) in [6, 6.07) is 4.81. The van der Waals surface area contributed by atoms with E-state index in [-0.39, 0.29) is 18.4 Å². The van der Waals surface area contributed by atoms with Gasteiger partial charge < -0.3 is 34.5 Å². The van der Waals surface area contributed by atoms with Crippen LogP contribution < -0.4 is 5.73 Å². The summed E-state index contributed by atoms with van der Waals surface area (Å²) in [6.45, 7) is -1.31. The number of nitrogens with two attached hydrogens (primary N) is 1. The molecule has 1 aromatic carbocycles. The van der Waals surface area contributed by atoms with Gasteiger partial charge in [-0.25, -0.2) is 4.79 Å². The summed E-state index contributed by atoms with van der Waals surface area (Å²) in [5.74, 6) is -5.63. The van der Waals surface area contributed by atoms with Gasteiger partial charge in [-0.15, -0.1) is 0 Å². The second kappa shape index (κ2) is 10.6. The molecule has 0 amide bonds. The number of ether oxygens (including phenoxy) is 5. The van der Waals surface area contributed by atoms with Crippen molar-refractivity contribution in [2.75, 3.05) is 13.6 Å². The fourth-order valence-electron chi connectivity index (χ4n) is 5.04. The van der Waals surface area contributed by atoms with Crippen LogP contribution in [0.4, 0.5) is 0 Å². The Bertz CT molecular complexity index is 1140. The number of aliphatic hydroxyl groups excluding tert-OH is 1. The molecule has 4 saturated carbocycles. The molecule has 6 atom stereocenters. The molecule has 38 heavy (non-hydrogen) atoms. The van der Waals surface area contributed by atoms with Crippen LogP contribution in [-0.4, -0.2) is 60.3 Å². The quantitative estimate of drug-likeness (QED) is 0.294. The Morgan fingerprint density at radius 3 is 2.05 bits per heavy atom. The minimum Gasteiger partial charge on any atom is -0.428 e. The maximum atomic E-state index is 13.2. The van der Waals surface area contributed by atoms with Gasteiger partial charge in [-0.1, -0.05) is 29.3 Å². The van der Waals surface area contributed by atoms with Crippen LogP contribution in [0.5, 0.6) is 0 Å². The van der Waals surface area contributed by atoms with Crippen molar-refractivity contribution in [2.24, 2.45) is 35.3 Å². The Hall–Kier alpha value is -2.44. The first-order valence-electron chi connectivity index (χ1n) is 12.3. The van der Waals surface area contributed by atoms with Crippen molar-refractivity contribution in [3.05, 3.63) is 33.8 Å². The van der Waals surface area contributed by atoms with Crippen LogP contribution in [0.2, 0.25) is 10.0 Å². The number of aliphatic hydroxyl groups is 1. The van der Waals surface area contributed by atoms with Gasteiger partial charge >= 0.3 is 23.9 Å². The highest BCUT2D eigenvalue weighted by molar-refractivity contribution is 6.42. The van der Waals surface area contributed by atoms with Crippen LogP contribution in [0, 0.1) is 29.6 Å². The van der Waals surface area contributed by atoms with Gasteiger partial charge in [0.25, 0.3) is 0 Å². The number of halogens is 2. The van der Waals surface area contributed by atoms with Crippen LogP contribution >= 0.6 is 23.2 Å². The predicted molar refractivity (Wildman–Crippen MR) is 128 cm³/mol. The number of fused-ring (bicyclic) bond motifs is 1. The maximum absolute atomic E-state index is 13.2. The molecule has 4 aliphatic carbocycles. The lowest BCUT2D eigenvalue weighted by Gasteiger charge is -2.34. The van der Waals surface area contributed by atoms with E-state index in [0.29, 0.717) is 28.5 Å². The third kappa shape index (κ3) is 5.35. The maximum Gasteiger partial charge on any atom is 0.332 e. The van der Waals surface area contributed by atoms with Crippen molar-refractivity contribution in [1.29, 1.82) is 0 Å². The normalized spacial score (nSPS) is 31.2. The molecule has 0 aliphatic heterocycles. The van der Waals surface area contributed by atoms with Crippen LogP contribution in [0.25, 0.3) is 0 Å². The lowest BCUT2D eigenvalue weighted by molar-refractivity contribution is -0.180. The molecule has 206 valence electrons. The molecule has 0 spiro atoms. The van der Waals surface area contributed by atoms with E-state index >= 15 is 0 Å². The number of esters is 4. The van der Waals surface area contributed by atoms with E-state index in [1.165, 1.54) is 0 Å². The molecule has 0 aromatic heterocycles. The number of benzene rings is 1. The Morgan fingerprint density at radius 2 is 1.47 bits per heavy atom. The number of hydrogen-bond donors (Lipinski definition) is 2. The van der Waals surface area contributed by atoms with E-state index in [1.807, 2.05) is 0 Å². The average molecular weight is 572 g/mol. The van der Waals surface area contributed by atoms with Gasteiger partial charge in [-0.05, 0) is 43.4 Å². The first-order chi connectivity index (χ1) is 18.1. The topological polar surface area (TPSA) is 161 Å². The Labute approximate surface area is 227 Å². The summed E-state index contributed by atoms with van der Waals surface area (Å²) in [5, 5.41) is 11.7. The molecule has 0 radical (unpaired) electrons. The van der Waals surface area contributed by atoms with Gasteiger partial charge in [-0.3, -0.25) is 14.4 Å². The summed E-state index contributed by atoms with van der Waals surface area (Å²) >= 11 is 12.0. The Balaban J connectivity index is 1.25. The van der Waals surface area contributed by atoms with Gasteiger partial charge in [0.1, 0.15) is 11.6 Å². The molecular weight excluding hydrogens is 545 g/mol. The molecule has 13 heteroatoms. The second-order valence-corrected chi connectivity index (χ2v) is 11.0. The van der Waals surface area contributed by atoms with Crippen molar-refractivity contribution < 1.29 is 48.0 Å². The molecule has 4 aliphatic rings. The van der Waals surface area contributed by atoms with Crippen LogP contribution in [0.1, 0.15) is 31.2 Å². The van der Waals surface area contributed by atoms with Gasteiger partial charge in [0.2, 0.25) is 13.6 Å². The number of carbonyl (C=O) groups is 4. The highest BCUT2D eigenvalue weighted by Gasteiger charge is 2.79. The van der Waals surface area contributed by atoms with E-state index in [9.17, 15) is 24.3 Å². The zero-order valence-corrected chi connectivity index (χ0v) is 21.7. The molecule has 0 saturated heterocycles. The molecule has 0 heterocycles. The predicted octanol–water partition coefficient (Wildman–Crippen LogP) is 1.72. The first-order valence-corrected chi connectivity index (χ1v) is 13.1. The molecule has 4 fully saturated rings. The minimum atomic E-state index is -1.96. The van der Waals surface area contributed by atoms with Gasteiger partial charge in [0.05, 0.1) is 40.5 Å². The highest BCUT2D eigenvalue weighted by atomic mass is 35.5. The average Bonchev–Trinajstić information content (AvgIpc) is 3.76. The third-order valence-electron chi connectivity index (χ3n) is 7.46. The molecule has 5 rings (SSSR count). The minimum absolute atomic E-state index is 0.0762. The largest absolute Gasteiger partial charge is 0.428 e. The number of carbonyl (C=O) groups excluding carboxylic acids is 4. The SMILES string of the molecule is N[C@]1(C(=O)OCOC(=O)C2CC2)[C@@H]2[C@@H](C(=O)OCOC(=O)C3CC3)[C@@H]2[C@H](O)[C@H]1OCc1ccc(Cl)c(Cl)c1. The molecule has 1 aromatic rings. The molecule has 0 unspecified atom stereocenters. The Kier molecular flexibility index (Phi) is 7.58. The van der Waals surface area contributed by atoms with Crippen LogP contribution in [-0.2, 0) is 49.5 Å². The van der Waals surface area contributed by atoms with Crippen LogP contribution in [0.3, 0.4) is 0 Å². The highest BCUT2D eigenvalue weighted by Crippen LogP contribution is 2.63. The van der Waals surface area contributed by atoms with E-state index < -0.39 is 73.0 Å². The molecular formula is C25H27Cl2NO10. The molecule has 11 nitrogen and oxygen atoms in total. The summed E-state index contributed by atoms with van der Waals surface area (Å²) in [4.78, 5) is 49.4. The van der Waals surface area contributed by atoms with Crippen LogP contribution in [0.15, 0.2) is 18.2 Å². The van der Waals surface area contributed by atoms with E-state index in [4.69, 9.17) is 52.6 Å². The monoisotopic (exact) mass is 571 g/mol. The van der Waals surface area contributed by atoms with Crippen molar-refractivity contribution in [3.63, 3.8) is 0 Å². The second-order valence-electron chi connectivity index (χ2n) is 10.1. The molecule has 0 bridgehead atoms. The van der Waals surface area contributed by atoms with Crippen molar-refractivity contribution in [1.82, 2.24) is 0 Å². The zero-order valence-electron chi connectivity index (χ0n) is 20.2. The van der Waals surface area contributed by atoms with E-state index in [2.05, 4.69) is 0 Å². The lowest BCUT2D eigenvalue weighted by Crippen LogP contribution is -2.62. The first kappa shape index (κ1) is 27.1. The zero-order chi connectivity index (χ0) is 27.2. The third-order valence-corrected chi connectivity index (χ3v) is 8.20. The van der Waals surface area contributed by atoms with Gasteiger partial charge in [0.15, 0.2) is 0 Å². The number of hydrogen-bond acceptors (Lipinski definition) is 11. The molecule has 3 N–H and O–H groups in total. The Morgan fingerprint density at radius 1 is 0.895 bits per heavy atom. The van der Waals surface area contributed by atoms with Crippen molar-refractivity contribution >= 4 is 47.1 Å². The number of rotatable bonds is 11.